The molecule has 32 heavy (non-hydrogen) atoms. The maximum atomic E-state index is 13.0. The summed E-state index contributed by atoms with van der Waals surface area (Å²) in [4.78, 5) is 9.81. The van der Waals surface area contributed by atoms with Gasteiger partial charge >= 0.3 is 6.36 Å². The summed E-state index contributed by atoms with van der Waals surface area (Å²) in [7, 11) is -4.18. The van der Waals surface area contributed by atoms with Crippen LogP contribution in [0.25, 0.3) is 5.82 Å². The Morgan fingerprint density at radius 3 is 2.34 bits per heavy atom. The highest BCUT2D eigenvalue weighted by Gasteiger charge is 2.36. The molecule has 9 nitrogen and oxygen atoms in total. The third-order valence-electron chi connectivity index (χ3n) is 4.85. The topological polar surface area (TPSA) is 93.5 Å². The summed E-state index contributed by atoms with van der Waals surface area (Å²) in [5.74, 6) is 0.412. The fourth-order valence-corrected chi connectivity index (χ4v) is 4.88. The van der Waals surface area contributed by atoms with Gasteiger partial charge in [0.25, 0.3) is 0 Å². The number of piperazine rings is 1. The molecule has 0 aliphatic carbocycles. The van der Waals surface area contributed by atoms with Gasteiger partial charge in [0, 0.05) is 38.4 Å². The third-order valence-corrected chi connectivity index (χ3v) is 6.79. The van der Waals surface area contributed by atoms with Crippen LogP contribution in [-0.4, -0.2) is 65.0 Å². The summed E-state index contributed by atoms with van der Waals surface area (Å²) in [6, 6.07) is 8.30. The molecule has 3 heterocycles. The minimum absolute atomic E-state index is 0.0723. The van der Waals surface area contributed by atoms with Gasteiger partial charge in [-0.15, -0.1) is 13.2 Å². The fourth-order valence-electron chi connectivity index (χ4n) is 3.35. The van der Waals surface area contributed by atoms with E-state index in [9.17, 15) is 21.6 Å². The first-order valence-corrected chi connectivity index (χ1v) is 11.0. The van der Waals surface area contributed by atoms with E-state index in [1.54, 1.807) is 16.9 Å². The Labute approximate surface area is 182 Å². The molecule has 13 heteroatoms. The van der Waals surface area contributed by atoms with E-state index in [1.807, 2.05) is 17.9 Å². The second kappa shape index (κ2) is 8.39. The fraction of sp³-hybridized carbons (Fsp3) is 0.316. The summed E-state index contributed by atoms with van der Waals surface area (Å²) < 4.78 is 70.7. The van der Waals surface area contributed by atoms with Crippen LogP contribution in [0.3, 0.4) is 0 Å². The van der Waals surface area contributed by atoms with Crippen molar-refractivity contribution >= 4 is 15.8 Å². The number of rotatable bonds is 5. The minimum Gasteiger partial charge on any atom is -0.404 e. The lowest BCUT2D eigenvalue weighted by molar-refractivity contribution is -0.275. The number of aryl methyl sites for hydroxylation is 1. The first-order chi connectivity index (χ1) is 15.1. The summed E-state index contributed by atoms with van der Waals surface area (Å²) in [5.41, 5.74) is 0.832. The van der Waals surface area contributed by atoms with Crippen molar-refractivity contribution in [1.29, 1.82) is 0 Å². The molecule has 0 atom stereocenters. The lowest BCUT2D eigenvalue weighted by atomic mass is 10.3. The number of ether oxygens (including phenoxy) is 1. The van der Waals surface area contributed by atoms with Gasteiger partial charge in [0.15, 0.2) is 5.82 Å². The third kappa shape index (κ3) is 4.67. The number of aromatic nitrogens is 4. The zero-order valence-electron chi connectivity index (χ0n) is 16.9. The van der Waals surface area contributed by atoms with Crippen LogP contribution in [0.2, 0.25) is 0 Å². The molecular formula is C19H19F3N6O3S. The molecule has 170 valence electrons. The molecule has 1 saturated heterocycles. The average Bonchev–Trinajstić information content (AvgIpc) is 3.19. The van der Waals surface area contributed by atoms with Gasteiger partial charge in [0.2, 0.25) is 10.0 Å². The Morgan fingerprint density at radius 2 is 1.69 bits per heavy atom. The predicted octanol–water partition coefficient (Wildman–Crippen LogP) is 2.38. The second-order valence-electron chi connectivity index (χ2n) is 7.02. The molecular weight excluding hydrogens is 449 g/mol. The van der Waals surface area contributed by atoms with E-state index in [-0.39, 0.29) is 13.1 Å². The minimum atomic E-state index is -5.00. The molecule has 2 aromatic heterocycles. The molecule has 0 amide bonds. The van der Waals surface area contributed by atoms with E-state index < -0.39 is 27.0 Å². The molecule has 0 N–H and O–H groups in total. The smallest absolute Gasteiger partial charge is 0.404 e. The molecule has 0 unspecified atom stereocenters. The van der Waals surface area contributed by atoms with Crippen LogP contribution in [0, 0.1) is 6.92 Å². The number of benzene rings is 1. The van der Waals surface area contributed by atoms with Crippen LogP contribution < -0.4 is 9.64 Å². The highest BCUT2D eigenvalue weighted by molar-refractivity contribution is 7.89. The predicted molar refractivity (Wildman–Crippen MR) is 108 cm³/mol. The normalized spacial score (nSPS) is 15.7. The van der Waals surface area contributed by atoms with Gasteiger partial charge in [-0.1, -0.05) is 12.1 Å². The van der Waals surface area contributed by atoms with Gasteiger partial charge in [-0.25, -0.2) is 23.1 Å². The molecule has 1 aliphatic rings. The number of hydrogen-bond donors (Lipinski definition) is 0. The number of hydrogen-bond acceptors (Lipinski definition) is 7. The van der Waals surface area contributed by atoms with Gasteiger partial charge < -0.3 is 9.64 Å². The van der Waals surface area contributed by atoms with Crippen LogP contribution >= 0.6 is 0 Å². The van der Waals surface area contributed by atoms with Gasteiger partial charge in [-0.2, -0.15) is 9.40 Å². The maximum absolute atomic E-state index is 13.0. The van der Waals surface area contributed by atoms with Crippen molar-refractivity contribution in [3.05, 3.63) is 54.6 Å². The van der Waals surface area contributed by atoms with E-state index in [2.05, 4.69) is 19.8 Å². The molecule has 4 rings (SSSR count). The van der Waals surface area contributed by atoms with Crippen LogP contribution in [0.4, 0.5) is 19.0 Å². The van der Waals surface area contributed by atoms with Crippen LogP contribution in [0.5, 0.6) is 5.75 Å². The number of alkyl halides is 3. The molecule has 0 saturated carbocycles. The molecule has 0 radical (unpaired) electrons. The Bertz CT molecular complexity index is 1210. The monoisotopic (exact) mass is 468 g/mol. The quantitative estimate of drug-likeness (QED) is 0.568. The molecule has 1 aromatic carbocycles. The van der Waals surface area contributed by atoms with E-state index in [0.29, 0.717) is 24.7 Å². The number of halogens is 3. The van der Waals surface area contributed by atoms with Gasteiger partial charge in [0.1, 0.15) is 22.8 Å². The van der Waals surface area contributed by atoms with Crippen LogP contribution in [0.15, 0.2) is 53.8 Å². The van der Waals surface area contributed by atoms with E-state index in [1.165, 1.54) is 18.5 Å². The number of para-hydroxylation sites is 1. The number of nitrogens with zero attached hydrogens (tertiary/aromatic N) is 6. The molecule has 0 bridgehead atoms. The molecule has 3 aromatic rings. The van der Waals surface area contributed by atoms with Crippen molar-refractivity contribution in [2.24, 2.45) is 0 Å². The van der Waals surface area contributed by atoms with Crippen molar-refractivity contribution in [2.75, 3.05) is 31.1 Å². The van der Waals surface area contributed by atoms with Gasteiger partial charge in [-0.05, 0) is 25.1 Å². The average molecular weight is 468 g/mol. The lowest BCUT2D eigenvalue weighted by Gasteiger charge is -2.34. The lowest BCUT2D eigenvalue weighted by Crippen LogP contribution is -2.49. The highest BCUT2D eigenvalue weighted by atomic mass is 32.2. The number of anilines is 1. The van der Waals surface area contributed by atoms with Crippen LogP contribution in [0.1, 0.15) is 5.69 Å². The van der Waals surface area contributed by atoms with Gasteiger partial charge in [-0.3, -0.25) is 0 Å². The molecule has 1 aliphatic heterocycles. The summed E-state index contributed by atoms with van der Waals surface area (Å²) in [6.45, 7) is 2.61. The van der Waals surface area contributed by atoms with Gasteiger partial charge in [0.05, 0.1) is 5.69 Å². The van der Waals surface area contributed by atoms with Crippen molar-refractivity contribution in [3.8, 4) is 11.6 Å². The van der Waals surface area contributed by atoms with Crippen molar-refractivity contribution < 1.29 is 26.3 Å². The summed E-state index contributed by atoms with van der Waals surface area (Å²) in [5, 5.41) is 4.31. The first-order valence-electron chi connectivity index (χ1n) is 9.58. The SMILES string of the molecule is Cc1ccn(-c2cc(N3CCN(S(=O)(=O)c4ccccc4OC(F)(F)F)CC3)ncn2)n1. The maximum Gasteiger partial charge on any atom is 0.573 e. The zero-order chi connectivity index (χ0) is 22.9. The standard InChI is InChI=1S/C19H19F3N6O3S/c1-14-6-7-28(25-14)18-12-17(23-13-24-18)26-8-10-27(11-9-26)32(29,30)16-5-3-2-4-15(16)31-19(20,21)22/h2-7,12-13H,8-11H2,1H3. The second-order valence-corrected chi connectivity index (χ2v) is 8.93. The Kier molecular flexibility index (Phi) is 5.77. The molecule has 0 spiro atoms. The Hall–Kier alpha value is -3.19. The van der Waals surface area contributed by atoms with Crippen LogP contribution in [-0.2, 0) is 10.0 Å². The highest BCUT2D eigenvalue weighted by Crippen LogP contribution is 2.32. The van der Waals surface area contributed by atoms with E-state index >= 15 is 0 Å². The Morgan fingerprint density at radius 1 is 1.00 bits per heavy atom. The summed E-state index contributed by atoms with van der Waals surface area (Å²) in [6.07, 6.45) is -1.83. The largest absolute Gasteiger partial charge is 0.573 e. The van der Waals surface area contributed by atoms with E-state index in [4.69, 9.17) is 0 Å². The Balaban J connectivity index is 1.50. The van der Waals surface area contributed by atoms with E-state index in [0.717, 1.165) is 22.1 Å². The summed E-state index contributed by atoms with van der Waals surface area (Å²) >= 11 is 0. The molecule has 1 fully saturated rings. The zero-order valence-corrected chi connectivity index (χ0v) is 17.7. The first kappa shape index (κ1) is 22.0. The van der Waals surface area contributed by atoms with Crippen molar-refractivity contribution in [3.63, 3.8) is 0 Å². The van der Waals surface area contributed by atoms with Crippen molar-refractivity contribution in [2.45, 2.75) is 18.2 Å². The number of sulfonamides is 1. The van der Waals surface area contributed by atoms with Crippen molar-refractivity contribution in [1.82, 2.24) is 24.1 Å².